The van der Waals surface area contributed by atoms with E-state index < -0.39 is 0 Å². The van der Waals surface area contributed by atoms with Gasteiger partial charge >= 0.3 is 0 Å². The van der Waals surface area contributed by atoms with Crippen LogP contribution in [0.1, 0.15) is 27.2 Å². The highest BCUT2D eigenvalue weighted by atomic mass is 16.1. The first-order valence-corrected chi connectivity index (χ1v) is 5.71. The summed E-state index contributed by atoms with van der Waals surface area (Å²) in [7, 11) is 1.98. The molecule has 0 aromatic heterocycles. The molecule has 1 heterocycles. The van der Waals surface area contributed by atoms with E-state index in [4.69, 9.17) is 5.73 Å². The molecule has 1 rings (SSSR count). The van der Waals surface area contributed by atoms with Gasteiger partial charge in [-0.25, -0.2) is 0 Å². The molecule has 1 amide bonds. The van der Waals surface area contributed by atoms with Crippen LogP contribution in [0.5, 0.6) is 0 Å². The third-order valence-corrected chi connectivity index (χ3v) is 3.32. The SMILES string of the molecule is CCC1[C@@H](N(C)CC(N)=O)CN1C(C)C. The zero-order valence-electron chi connectivity index (χ0n) is 10.2. The van der Waals surface area contributed by atoms with Crippen LogP contribution >= 0.6 is 0 Å². The summed E-state index contributed by atoms with van der Waals surface area (Å²) >= 11 is 0. The van der Waals surface area contributed by atoms with Gasteiger partial charge < -0.3 is 5.73 Å². The Kier molecular flexibility index (Phi) is 4.11. The highest BCUT2D eigenvalue weighted by Crippen LogP contribution is 2.27. The molecule has 0 spiro atoms. The normalized spacial score (nSPS) is 27.1. The minimum absolute atomic E-state index is 0.240. The number of carbonyl (C=O) groups is 1. The number of rotatable bonds is 5. The van der Waals surface area contributed by atoms with Gasteiger partial charge in [0.15, 0.2) is 0 Å². The number of hydrogen-bond acceptors (Lipinski definition) is 3. The topological polar surface area (TPSA) is 49.6 Å². The molecule has 4 heteroatoms. The fourth-order valence-electron chi connectivity index (χ4n) is 2.45. The average molecular weight is 213 g/mol. The number of amides is 1. The Morgan fingerprint density at radius 3 is 2.60 bits per heavy atom. The Labute approximate surface area is 92.4 Å². The first-order valence-electron chi connectivity index (χ1n) is 5.71. The molecule has 4 nitrogen and oxygen atoms in total. The molecule has 0 aromatic carbocycles. The highest BCUT2D eigenvalue weighted by molar-refractivity contribution is 5.75. The molecule has 1 fully saturated rings. The van der Waals surface area contributed by atoms with Crippen molar-refractivity contribution in [2.75, 3.05) is 20.1 Å². The van der Waals surface area contributed by atoms with Gasteiger partial charge in [0, 0.05) is 24.7 Å². The highest BCUT2D eigenvalue weighted by Gasteiger charge is 2.41. The summed E-state index contributed by atoms with van der Waals surface area (Å²) in [5.74, 6) is -0.240. The van der Waals surface area contributed by atoms with Gasteiger partial charge in [-0.15, -0.1) is 0 Å². The lowest BCUT2D eigenvalue weighted by atomic mass is 9.91. The van der Waals surface area contributed by atoms with Crippen molar-refractivity contribution < 1.29 is 4.79 Å². The van der Waals surface area contributed by atoms with Crippen molar-refractivity contribution in [2.45, 2.75) is 45.3 Å². The van der Waals surface area contributed by atoms with Crippen molar-refractivity contribution >= 4 is 5.91 Å². The fraction of sp³-hybridized carbons (Fsp3) is 0.909. The quantitative estimate of drug-likeness (QED) is 0.713. The number of nitrogens with two attached hydrogens (primary N) is 1. The Hall–Kier alpha value is -0.610. The molecule has 0 aliphatic carbocycles. The lowest BCUT2D eigenvalue weighted by Gasteiger charge is -2.53. The molecular formula is C11H23N3O. The molecule has 15 heavy (non-hydrogen) atoms. The van der Waals surface area contributed by atoms with Gasteiger partial charge in [0.05, 0.1) is 6.54 Å². The first kappa shape index (κ1) is 12.5. The van der Waals surface area contributed by atoms with E-state index in [0.717, 1.165) is 13.0 Å². The molecule has 1 aliphatic heterocycles. The van der Waals surface area contributed by atoms with Gasteiger partial charge in [0.1, 0.15) is 0 Å². The second-order valence-corrected chi connectivity index (χ2v) is 4.71. The minimum Gasteiger partial charge on any atom is -0.369 e. The molecule has 1 unspecified atom stereocenters. The summed E-state index contributed by atoms with van der Waals surface area (Å²) in [6.07, 6.45) is 1.13. The molecule has 2 atom stereocenters. The van der Waals surface area contributed by atoms with Crippen molar-refractivity contribution in [3.8, 4) is 0 Å². The Balaban J connectivity index is 2.49. The van der Waals surface area contributed by atoms with Gasteiger partial charge in [0.2, 0.25) is 5.91 Å². The van der Waals surface area contributed by atoms with Crippen LogP contribution in [0.4, 0.5) is 0 Å². The van der Waals surface area contributed by atoms with E-state index in [1.165, 1.54) is 0 Å². The maximum Gasteiger partial charge on any atom is 0.231 e. The van der Waals surface area contributed by atoms with E-state index in [2.05, 4.69) is 30.6 Å². The summed E-state index contributed by atoms with van der Waals surface area (Å²) in [5, 5.41) is 0. The van der Waals surface area contributed by atoms with E-state index in [0.29, 0.717) is 24.7 Å². The number of likely N-dealkylation sites (N-methyl/N-ethyl adjacent to an activating group) is 1. The van der Waals surface area contributed by atoms with Crippen molar-refractivity contribution in [2.24, 2.45) is 5.73 Å². The number of primary amides is 1. The second-order valence-electron chi connectivity index (χ2n) is 4.71. The molecule has 0 saturated carbocycles. The zero-order valence-corrected chi connectivity index (χ0v) is 10.2. The van der Waals surface area contributed by atoms with Crippen molar-refractivity contribution in [1.82, 2.24) is 9.80 Å². The number of hydrogen-bond donors (Lipinski definition) is 1. The van der Waals surface area contributed by atoms with Crippen LogP contribution in [-0.2, 0) is 4.79 Å². The summed E-state index contributed by atoms with van der Waals surface area (Å²) in [4.78, 5) is 15.4. The van der Waals surface area contributed by atoms with E-state index >= 15 is 0 Å². The summed E-state index contributed by atoms with van der Waals surface area (Å²) in [6, 6.07) is 1.66. The zero-order chi connectivity index (χ0) is 11.6. The molecule has 88 valence electrons. The predicted octanol–water partition coefficient (Wildman–Crippen LogP) is 0.275. The van der Waals surface area contributed by atoms with Crippen molar-refractivity contribution in [1.29, 1.82) is 0 Å². The van der Waals surface area contributed by atoms with Crippen LogP contribution in [-0.4, -0.2) is 54.0 Å². The summed E-state index contributed by atoms with van der Waals surface area (Å²) in [5.41, 5.74) is 5.20. The van der Waals surface area contributed by atoms with E-state index in [-0.39, 0.29) is 5.91 Å². The minimum atomic E-state index is -0.240. The van der Waals surface area contributed by atoms with Crippen LogP contribution in [0.15, 0.2) is 0 Å². The molecule has 2 N–H and O–H groups in total. The first-order chi connectivity index (χ1) is 6.97. The van der Waals surface area contributed by atoms with Gasteiger partial charge in [-0.3, -0.25) is 14.6 Å². The smallest absolute Gasteiger partial charge is 0.231 e. The monoisotopic (exact) mass is 213 g/mol. The largest absolute Gasteiger partial charge is 0.369 e. The average Bonchev–Trinajstić information content (AvgIpc) is 2.00. The van der Waals surface area contributed by atoms with Crippen LogP contribution in [0.2, 0.25) is 0 Å². The van der Waals surface area contributed by atoms with Crippen molar-refractivity contribution in [3.63, 3.8) is 0 Å². The molecular weight excluding hydrogens is 190 g/mol. The van der Waals surface area contributed by atoms with Gasteiger partial charge in [-0.05, 0) is 27.3 Å². The number of nitrogens with zero attached hydrogens (tertiary/aromatic N) is 2. The fourth-order valence-corrected chi connectivity index (χ4v) is 2.45. The number of carbonyl (C=O) groups excluding carboxylic acids is 1. The third kappa shape index (κ3) is 2.69. The van der Waals surface area contributed by atoms with E-state index in [1.54, 1.807) is 0 Å². The molecule has 1 aliphatic rings. The maximum absolute atomic E-state index is 10.8. The third-order valence-electron chi connectivity index (χ3n) is 3.32. The molecule has 0 bridgehead atoms. The summed E-state index contributed by atoms with van der Waals surface area (Å²) in [6.45, 7) is 8.05. The predicted molar refractivity (Wildman–Crippen MR) is 61.5 cm³/mol. The van der Waals surface area contributed by atoms with E-state index in [1.807, 2.05) is 7.05 Å². The van der Waals surface area contributed by atoms with Crippen LogP contribution in [0, 0.1) is 0 Å². The van der Waals surface area contributed by atoms with Crippen LogP contribution in [0.3, 0.4) is 0 Å². The van der Waals surface area contributed by atoms with Crippen LogP contribution in [0.25, 0.3) is 0 Å². The maximum atomic E-state index is 10.8. The molecule has 0 radical (unpaired) electrons. The van der Waals surface area contributed by atoms with Crippen LogP contribution < -0.4 is 5.73 Å². The summed E-state index contributed by atoms with van der Waals surface area (Å²) < 4.78 is 0. The molecule has 0 aromatic rings. The van der Waals surface area contributed by atoms with E-state index in [9.17, 15) is 4.79 Å². The Bertz CT molecular complexity index is 230. The Morgan fingerprint density at radius 1 is 1.60 bits per heavy atom. The Morgan fingerprint density at radius 2 is 2.20 bits per heavy atom. The van der Waals surface area contributed by atoms with Crippen molar-refractivity contribution in [3.05, 3.63) is 0 Å². The van der Waals surface area contributed by atoms with Gasteiger partial charge in [-0.2, -0.15) is 0 Å². The molecule has 1 saturated heterocycles. The number of likely N-dealkylation sites (tertiary alicyclic amines) is 1. The van der Waals surface area contributed by atoms with Gasteiger partial charge in [0.25, 0.3) is 0 Å². The lowest BCUT2D eigenvalue weighted by Crippen LogP contribution is -2.68. The second kappa shape index (κ2) is 4.94. The standard InChI is InChI=1S/C11H23N3O/c1-5-9-10(6-14(9)8(2)3)13(4)7-11(12)15/h8-10H,5-7H2,1-4H3,(H2,12,15)/t9?,10-/m0/s1. The van der Waals surface area contributed by atoms with Gasteiger partial charge in [-0.1, -0.05) is 6.92 Å². The lowest BCUT2D eigenvalue weighted by molar-refractivity contribution is -0.121.